The molecule has 37 heavy (non-hydrogen) atoms. The first-order chi connectivity index (χ1) is 17.5. The number of carbonyl (C=O) groups excluding carboxylic acids is 1. The standard InChI is InChI=1S/C22H24F6N6O2S/c23-21(24,25)14-9-15(22(26,27)28)11-16(10-14)29-20(35)34-7-5-33(6-8-34)18-19(31-37-30-18)36-17-12-32-3-1-13(17)2-4-32/h9-11,13,17H,1-8,12H2,(H,29,35). The molecule has 0 aliphatic carbocycles. The molecule has 2 amide bonds. The molecular weight excluding hydrogens is 526 g/mol. The summed E-state index contributed by atoms with van der Waals surface area (Å²) in [4.78, 5) is 18.3. The third-order valence-corrected chi connectivity index (χ3v) is 7.51. The number of piperazine rings is 1. The Morgan fingerprint density at radius 2 is 1.54 bits per heavy atom. The fraction of sp³-hybridized carbons (Fsp3) is 0.591. The molecule has 4 aliphatic rings. The van der Waals surface area contributed by atoms with Crippen LogP contribution in [0.2, 0.25) is 0 Å². The molecule has 15 heteroatoms. The smallest absolute Gasteiger partial charge is 0.416 e. The number of aromatic nitrogens is 2. The molecule has 4 fully saturated rings. The van der Waals surface area contributed by atoms with Crippen molar-refractivity contribution >= 4 is 29.3 Å². The fourth-order valence-corrected chi connectivity index (χ4v) is 5.49. The Kier molecular flexibility index (Phi) is 6.85. The Bertz CT molecular complexity index is 1090. The summed E-state index contributed by atoms with van der Waals surface area (Å²) in [7, 11) is 0. The number of ether oxygens (including phenoxy) is 1. The van der Waals surface area contributed by atoms with Gasteiger partial charge < -0.3 is 19.9 Å². The van der Waals surface area contributed by atoms with E-state index in [1.165, 1.54) is 4.90 Å². The molecule has 4 aliphatic heterocycles. The quantitative estimate of drug-likeness (QED) is 0.569. The van der Waals surface area contributed by atoms with E-state index in [0.29, 0.717) is 42.8 Å². The van der Waals surface area contributed by atoms with Crippen molar-refractivity contribution in [1.29, 1.82) is 0 Å². The van der Waals surface area contributed by atoms with Crippen LogP contribution >= 0.6 is 11.7 Å². The Balaban J connectivity index is 1.21. The molecule has 1 N–H and O–H groups in total. The molecule has 8 nitrogen and oxygen atoms in total. The van der Waals surface area contributed by atoms with Crippen LogP contribution in [-0.4, -0.2) is 76.5 Å². The third-order valence-electron chi connectivity index (χ3n) is 7.01. The molecular formula is C22H24F6N6O2S. The summed E-state index contributed by atoms with van der Waals surface area (Å²) in [6.45, 7) is 4.09. The fourth-order valence-electron chi connectivity index (χ4n) is 4.98. The van der Waals surface area contributed by atoms with Gasteiger partial charge >= 0.3 is 18.4 Å². The highest BCUT2D eigenvalue weighted by Gasteiger charge is 2.38. The number of nitrogens with zero attached hydrogens (tertiary/aromatic N) is 5. The van der Waals surface area contributed by atoms with Crippen molar-refractivity contribution in [2.45, 2.75) is 31.3 Å². The molecule has 0 saturated carbocycles. The van der Waals surface area contributed by atoms with E-state index >= 15 is 0 Å². The lowest BCUT2D eigenvalue weighted by molar-refractivity contribution is -0.143. The van der Waals surface area contributed by atoms with Gasteiger partial charge in [0.15, 0.2) is 0 Å². The summed E-state index contributed by atoms with van der Waals surface area (Å²) < 4.78 is 93.6. The SMILES string of the molecule is O=C(Nc1cc(C(F)(F)F)cc(C(F)(F)F)c1)N1CCN(c2nsnc2OC2CN3CCC2CC3)CC1. The van der Waals surface area contributed by atoms with E-state index in [1.54, 1.807) is 0 Å². The molecule has 2 aromatic rings. The van der Waals surface area contributed by atoms with Gasteiger partial charge in [-0.15, -0.1) is 4.37 Å². The number of fused-ring (bicyclic) bond motifs is 3. The van der Waals surface area contributed by atoms with E-state index in [-0.39, 0.29) is 25.3 Å². The van der Waals surface area contributed by atoms with E-state index in [2.05, 4.69) is 19.0 Å². The van der Waals surface area contributed by atoms with Crippen LogP contribution in [0.25, 0.3) is 0 Å². The van der Waals surface area contributed by atoms with Crippen LogP contribution in [0.4, 0.5) is 42.6 Å². The Morgan fingerprint density at radius 1 is 0.919 bits per heavy atom. The van der Waals surface area contributed by atoms with E-state index in [9.17, 15) is 31.1 Å². The number of piperidine rings is 3. The first-order valence-electron chi connectivity index (χ1n) is 11.8. The van der Waals surface area contributed by atoms with Crippen LogP contribution in [-0.2, 0) is 12.4 Å². The van der Waals surface area contributed by atoms with Gasteiger partial charge in [-0.25, -0.2) is 4.79 Å². The van der Waals surface area contributed by atoms with Crippen molar-refractivity contribution in [3.63, 3.8) is 0 Å². The number of nitrogens with one attached hydrogen (secondary N) is 1. The van der Waals surface area contributed by atoms with Gasteiger partial charge in [0.25, 0.3) is 5.88 Å². The van der Waals surface area contributed by atoms with Gasteiger partial charge in [-0.05, 0) is 50.0 Å². The van der Waals surface area contributed by atoms with Crippen molar-refractivity contribution in [2.75, 3.05) is 56.0 Å². The van der Waals surface area contributed by atoms with Crippen molar-refractivity contribution in [2.24, 2.45) is 5.92 Å². The van der Waals surface area contributed by atoms with E-state index in [0.717, 1.165) is 44.2 Å². The van der Waals surface area contributed by atoms with Gasteiger partial charge in [-0.1, -0.05) is 0 Å². The highest BCUT2D eigenvalue weighted by Crippen LogP contribution is 2.38. The Morgan fingerprint density at radius 3 is 2.08 bits per heavy atom. The summed E-state index contributed by atoms with van der Waals surface area (Å²) >= 11 is 1.03. The van der Waals surface area contributed by atoms with Crippen LogP contribution in [0.3, 0.4) is 0 Å². The third kappa shape index (κ3) is 5.71. The minimum absolute atomic E-state index is 0.0196. The zero-order valence-electron chi connectivity index (χ0n) is 19.5. The number of hydrogen-bond donors (Lipinski definition) is 1. The topological polar surface area (TPSA) is 73.8 Å². The normalized spacial score (nSPS) is 24.3. The summed E-state index contributed by atoms with van der Waals surface area (Å²) in [5.74, 6) is 1.51. The summed E-state index contributed by atoms with van der Waals surface area (Å²) in [6.07, 6.45) is -7.78. The molecule has 1 unspecified atom stereocenters. The molecule has 1 aromatic carbocycles. The lowest BCUT2D eigenvalue weighted by Gasteiger charge is -2.44. The van der Waals surface area contributed by atoms with E-state index in [4.69, 9.17) is 4.74 Å². The number of rotatable bonds is 4. The van der Waals surface area contributed by atoms with Crippen LogP contribution < -0.4 is 15.0 Å². The van der Waals surface area contributed by atoms with Crippen molar-refractivity contribution in [3.8, 4) is 5.88 Å². The largest absolute Gasteiger partial charge is 0.469 e. The maximum absolute atomic E-state index is 13.1. The average Bonchev–Trinajstić information content (AvgIpc) is 3.31. The van der Waals surface area contributed by atoms with E-state index in [1.807, 2.05) is 4.90 Å². The van der Waals surface area contributed by atoms with Gasteiger partial charge in [0.05, 0.1) is 22.9 Å². The number of urea groups is 1. The van der Waals surface area contributed by atoms with Gasteiger partial charge in [0, 0.05) is 38.4 Å². The molecule has 0 spiro atoms. The second kappa shape index (κ2) is 9.82. The number of amides is 2. The van der Waals surface area contributed by atoms with Gasteiger partial charge in [-0.2, -0.15) is 30.7 Å². The van der Waals surface area contributed by atoms with Gasteiger partial charge in [-0.3, -0.25) is 4.90 Å². The Hall–Kier alpha value is -2.81. The zero-order chi connectivity index (χ0) is 26.4. The van der Waals surface area contributed by atoms with Crippen LogP contribution in [0.1, 0.15) is 24.0 Å². The predicted molar refractivity (Wildman–Crippen MR) is 123 cm³/mol. The maximum atomic E-state index is 13.1. The second-order valence-corrected chi connectivity index (χ2v) is 9.91. The predicted octanol–water partition coefficient (Wildman–Crippen LogP) is 4.40. The monoisotopic (exact) mass is 550 g/mol. The average molecular weight is 551 g/mol. The number of benzene rings is 1. The molecule has 5 heterocycles. The second-order valence-electron chi connectivity index (χ2n) is 9.39. The molecule has 2 bridgehead atoms. The minimum atomic E-state index is -5.00. The van der Waals surface area contributed by atoms with Crippen molar-refractivity contribution in [1.82, 2.24) is 18.5 Å². The van der Waals surface area contributed by atoms with Gasteiger partial charge in [0.1, 0.15) is 6.10 Å². The summed E-state index contributed by atoms with van der Waals surface area (Å²) in [6, 6.07) is 0.212. The number of hydrogen-bond acceptors (Lipinski definition) is 7. The van der Waals surface area contributed by atoms with E-state index < -0.39 is 35.2 Å². The van der Waals surface area contributed by atoms with Crippen molar-refractivity contribution < 1.29 is 35.9 Å². The van der Waals surface area contributed by atoms with Crippen molar-refractivity contribution in [3.05, 3.63) is 29.3 Å². The Labute approximate surface area is 212 Å². The summed E-state index contributed by atoms with van der Waals surface area (Å²) in [5, 5.41) is 2.18. The first kappa shape index (κ1) is 25.8. The lowest BCUT2D eigenvalue weighted by atomic mass is 9.86. The van der Waals surface area contributed by atoms with Gasteiger partial charge in [0.2, 0.25) is 5.82 Å². The number of halogens is 6. The maximum Gasteiger partial charge on any atom is 0.416 e. The molecule has 4 saturated heterocycles. The minimum Gasteiger partial charge on any atom is -0.469 e. The number of carbonyl (C=O) groups is 1. The number of alkyl halides is 6. The molecule has 1 aromatic heterocycles. The summed E-state index contributed by atoms with van der Waals surface area (Å²) in [5.41, 5.74) is -3.56. The molecule has 202 valence electrons. The lowest BCUT2D eigenvalue weighted by Crippen LogP contribution is -2.53. The first-order valence-corrected chi connectivity index (χ1v) is 12.5. The molecule has 0 radical (unpaired) electrons. The molecule has 6 rings (SSSR count). The molecule has 1 atom stereocenters. The van der Waals surface area contributed by atoms with Crippen LogP contribution in [0, 0.1) is 5.92 Å². The zero-order valence-corrected chi connectivity index (χ0v) is 20.3. The highest BCUT2D eigenvalue weighted by atomic mass is 32.1. The van der Waals surface area contributed by atoms with Crippen LogP contribution in [0.15, 0.2) is 18.2 Å². The number of anilines is 2. The van der Waals surface area contributed by atoms with Crippen LogP contribution in [0.5, 0.6) is 5.88 Å². The highest BCUT2D eigenvalue weighted by molar-refractivity contribution is 6.99.